The first kappa shape index (κ1) is 13.5. The molecule has 1 aliphatic heterocycles. The van der Waals surface area contributed by atoms with Gasteiger partial charge < -0.3 is 10.0 Å². The second-order valence-electron chi connectivity index (χ2n) is 5.29. The Morgan fingerprint density at radius 2 is 2.11 bits per heavy atom. The average Bonchev–Trinajstić information content (AvgIpc) is 2.50. The number of thiazole rings is 1. The van der Waals surface area contributed by atoms with Gasteiger partial charge in [0.05, 0.1) is 16.3 Å². The van der Waals surface area contributed by atoms with Gasteiger partial charge in [0.1, 0.15) is 4.88 Å². The molecule has 2 rings (SSSR count). The Bertz CT molecular complexity index is 454. The van der Waals surface area contributed by atoms with Crippen molar-refractivity contribution in [3.05, 3.63) is 15.6 Å². The van der Waals surface area contributed by atoms with Crippen molar-refractivity contribution < 1.29 is 9.90 Å². The number of carbonyl (C=O) groups is 1. The predicted molar refractivity (Wildman–Crippen MR) is 72.0 cm³/mol. The van der Waals surface area contributed by atoms with Gasteiger partial charge in [-0.3, -0.25) is 4.79 Å². The topological polar surface area (TPSA) is 53.4 Å². The fourth-order valence-electron chi connectivity index (χ4n) is 2.34. The van der Waals surface area contributed by atoms with Crippen LogP contribution >= 0.6 is 11.3 Å². The van der Waals surface area contributed by atoms with E-state index in [9.17, 15) is 9.90 Å². The predicted octanol–water partition coefficient (Wildman–Crippen LogP) is 2.14. The van der Waals surface area contributed by atoms with Crippen LogP contribution in [0.4, 0.5) is 0 Å². The summed E-state index contributed by atoms with van der Waals surface area (Å²) in [6, 6.07) is 0. The lowest BCUT2D eigenvalue weighted by atomic mass is 9.98. The third kappa shape index (κ3) is 2.90. The zero-order valence-corrected chi connectivity index (χ0v) is 12.0. The SMILES string of the molecule is Cc1nc(C)c(C(=O)N2CCCC(C)(O)CC2)s1. The van der Waals surface area contributed by atoms with Crippen molar-refractivity contribution in [2.45, 2.75) is 45.6 Å². The summed E-state index contributed by atoms with van der Waals surface area (Å²) in [7, 11) is 0. The Balaban J connectivity index is 2.12. The maximum Gasteiger partial charge on any atom is 0.265 e. The number of aromatic nitrogens is 1. The molecule has 2 heterocycles. The summed E-state index contributed by atoms with van der Waals surface area (Å²) >= 11 is 1.46. The number of hydrogen-bond donors (Lipinski definition) is 1. The van der Waals surface area contributed by atoms with E-state index in [1.165, 1.54) is 11.3 Å². The number of likely N-dealkylation sites (tertiary alicyclic amines) is 1. The van der Waals surface area contributed by atoms with Gasteiger partial charge in [-0.2, -0.15) is 0 Å². The molecule has 100 valence electrons. The monoisotopic (exact) mass is 268 g/mol. The maximum atomic E-state index is 12.4. The smallest absolute Gasteiger partial charge is 0.265 e. The van der Waals surface area contributed by atoms with Gasteiger partial charge in [-0.25, -0.2) is 4.98 Å². The van der Waals surface area contributed by atoms with E-state index >= 15 is 0 Å². The first-order valence-electron chi connectivity index (χ1n) is 6.35. The van der Waals surface area contributed by atoms with Gasteiger partial charge in [-0.05, 0) is 40.0 Å². The minimum atomic E-state index is -0.631. The van der Waals surface area contributed by atoms with E-state index < -0.39 is 5.60 Å². The van der Waals surface area contributed by atoms with Crippen LogP contribution < -0.4 is 0 Å². The van der Waals surface area contributed by atoms with Crippen molar-refractivity contribution >= 4 is 17.2 Å². The Morgan fingerprint density at radius 1 is 1.39 bits per heavy atom. The first-order valence-corrected chi connectivity index (χ1v) is 7.16. The summed E-state index contributed by atoms with van der Waals surface area (Å²) in [5.41, 5.74) is 0.187. The zero-order valence-electron chi connectivity index (χ0n) is 11.2. The summed E-state index contributed by atoms with van der Waals surface area (Å²) in [4.78, 5) is 19.3. The molecule has 0 saturated carbocycles. The molecule has 1 aromatic heterocycles. The van der Waals surface area contributed by atoms with Crippen LogP contribution in [0, 0.1) is 13.8 Å². The Morgan fingerprint density at radius 3 is 2.72 bits per heavy atom. The molecule has 0 aliphatic carbocycles. The third-order valence-electron chi connectivity index (χ3n) is 3.45. The van der Waals surface area contributed by atoms with Crippen molar-refractivity contribution in [3.63, 3.8) is 0 Å². The average molecular weight is 268 g/mol. The van der Waals surface area contributed by atoms with Crippen molar-refractivity contribution in [1.82, 2.24) is 9.88 Å². The molecule has 1 N–H and O–H groups in total. The molecular formula is C13H20N2O2S. The van der Waals surface area contributed by atoms with Crippen LogP contribution in [0.25, 0.3) is 0 Å². The molecule has 1 saturated heterocycles. The minimum absolute atomic E-state index is 0.0656. The molecule has 0 bridgehead atoms. The quantitative estimate of drug-likeness (QED) is 0.849. The highest BCUT2D eigenvalue weighted by atomic mass is 32.1. The molecule has 1 aliphatic rings. The van der Waals surface area contributed by atoms with E-state index in [4.69, 9.17) is 0 Å². The fourth-order valence-corrected chi connectivity index (χ4v) is 3.23. The van der Waals surface area contributed by atoms with E-state index in [2.05, 4.69) is 4.98 Å². The molecule has 0 radical (unpaired) electrons. The largest absolute Gasteiger partial charge is 0.390 e. The summed E-state index contributed by atoms with van der Waals surface area (Å²) in [6.07, 6.45) is 2.27. The standard InChI is InChI=1S/C13H20N2O2S/c1-9-11(18-10(2)14-9)12(16)15-7-4-5-13(3,17)6-8-15/h17H,4-8H2,1-3H3. The highest BCUT2D eigenvalue weighted by Crippen LogP contribution is 2.25. The van der Waals surface area contributed by atoms with E-state index in [0.717, 1.165) is 35.0 Å². The molecular weight excluding hydrogens is 248 g/mol. The van der Waals surface area contributed by atoms with Crippen molar-refractivity contribution in [2.24, 2.45) is 0 Å². The van der Waals surface area contributed by atoms with E-state index in [-0.39, 0.29) is 5.91 Å². The number of nitrogens with zero attached hydrogens (tertiary/aromatic N) is 2. The molecule has 0 spiro atoms. The summed E-state index contributed by atoms with van der Waals surface area (Å²) in [5, 5.41) is 11.0. The molecule has 4 nitrogen and oxygen atoms in total. The third-order valence-corrected chi connectivity index (χ3v) is 4.51. The van der Waals surface area contributed by atoms with Crippen molar-refractivity contribution in [2.75, 3.05) is 13.1 Å². The lowest BCUT2D eigenvalue weighted by Gasteiger charge is -2.22. The normalized spacial score (nSPS) is 25.0. The number of aryl methyl sites for hydroxylation is 2. The summed E-state index contributed by atoms with van der Waals surface area (Å²) in [6.45, 7) is 7.00. The molecule has 1 amide bonds. The second-order valence-corrected chi connectivity index (χ2v) is 6.49. The van der Waals surface area contributed by atoms with E-state index in [1.54, 1.807) is 0 Å². The number of carbonyl (C=O) groups excluding carboxylic acids is 1. The first-order chi connectivity index (χ1) is 8.39. The molecule has 1 atom stereocenters. The zero-order chi connectivity index (χ0) is 13.3. The van der Waals surface area contributed by atoms with Crippen molar-refractivity contribution in [3.8, 4) is 0 Å². The van der Waals surface area contributed by atoms with Crippen LogP contribution in [0.15, 0.2) is 0 Å². The van der Waals surface area contributed by atoms with E-state index in [0.29, 0.717) is 13.0 Å². The van der Waals surface area contributed by atoms with Gasteiger partial charge in [0.2, 0.25) is 0 Å². The van der Waals surface area contributed by atoms with Gasteiger partial charge in [-0.1, -0.05) is 0 Å². The Labute approximate surface area is 112 Å². The highest BCUT2D eigenvalue weighted by molar-refractivity contribution is 7.13. The lowest BCUT2D eigenvalue weighted by Crippen LogP contribution is -2.33. The molecule has 18 heavy (non-hydrogen) atoms. The van der Waals surface area contributed by atoms with Gasteiger partial charge in [0, 0.05) is 13.1 Å². The lowest BCUT2D eigenvalue weighted by molar-refractivity contribution is 0.0438. The highest BCUT2D eigenvalue weighted by Gasteiger charge is 2.28. The van der Waals surface area contributed by atoms with Crippen molar-refractivity contribution in [1.29, 1.82) is 0 Å². The van der Waals surface area contributed by atoms with Crippen LogP contribution in [0.1, 0.15) is 46.6 Å². The number of amides is 1. The van der Waals surface area contributed by atoms with Crippen LogP contribution in [0.3, 0.4) is 0 Å². The number of hydrogen-bond acceptors (Lipinski definition) is 4. The van der Waals surface area contributed by atoms with Crippen LogP contribution in [0.5, 0.6) is 0 Å². The second kappa shape index (κ2) is 4.97. The van der Waals surface area contributed by atoms with Gasteiger partial charge in [0.15, 0.2) is 0 Å². The molecule has 1 fully saturated rings. The molecule has 0 aromatic carbocycles. The maximum absolute atomic E-state index is 12.4. The van der Waals surface area contributed by atoms with E-state index in [1.807, 2.05) is 25.7 Å². The van der Waals surface area contributed by atoms with Crippen LogP contribution in [0.2, 0.25) is 0 Å². The summed E-state index contributed by atoms with van der Waals surface area (Å²) < 4.78 is 0. The minimum Gasteiger partial charge on any atom is -0.390 e. The molecule has 1 aromatic rings. The number of rotatable bonds is 1. The molecule has 5 heteroatoms. The number of aliphatic hydroxyl groups is 1. The van der Waals surface area contributed by atoms with Gasteiger partial charge in [-0.15, -0.1) is 11.3 Å². The summed E-state index contributed by atoms with van der Waals surface area (Å²) in [5.74, 6) is 0.0656. The Kier molecular flexibility index (Phi) is 3.73. The van der Waals surface area contributed by atoms with Crippen LogP contribution in [-0.4, -0.2) is 39.6 Å². The fraction of sp³-hybridized carbons (Fsp3) is 0.692. The van der Waals surface area contributed by atoms with Gasteiger partial charge >= 0.3 is 0 Å². The Hall–Kier alpha value is -0.940. The van der Waals surface area contributed by atoms with Gasteiger partial charge in [0.25, 0.3) is 5.91 Å². The van der Waals surface area contributed by atoms with Crippen LogP contribution in [-0.2, 0) is 0 Å². The molecule has 1 unspecified atom stereocenters.